The number of amides is 2. The van der Waals surface area contributed by atoms with Gasteiger partial charge in [-0.05, 0) is 26.0 Å². The van der Waals surface area contributed by atoms with Crippen molar-refractivity contribution in [1.29, 1.82) is 0 Å². The van der Waals surface area contributed by atoms with E-state index in [0.717, 1.165) is 37.3 Å². The van der Waals surface area contributed by atoms with E-state index in [-0.39, 0.29) is 38.0 Å². The van der Waals surface area contributed by atoms with Crippen LogP contribution in [0.1, 0.15) is 37.9 Å². The molecule has 1 aromatic carbocycles. The van der Waals surface area contributed by atoms with Gasteiger partial charge in [-0.25, -0.2) is 9.78 Å². The van der Waals surface area contributed by atoms with Gasteiger partial charge in [-0.3, -0.25) is 14.5 Å². The molecule has 0 spiro atoms. The Hall–Kier alpha value is -3.72. The molecule has 50 heavy (non-hydrogen) atoms. The molecule has 2 saturated heterocycles. The van der Waals surface area contributed by atoms with Gasteiger partial charge in [-0.2, -0.15) is 0 Å². The number of nitrogen functional groups attached to an aromatic ring is 1. The smallest absolute Gasteiger partial charge is 0.352 e. The number of nitrogens with one attached hydrogen (secondary N) is 2. The van der Waals surface area contributed by atoms with Crippen LogP contribution in [0.15, 0.2) is 33.9 Å². The first kappa shape index (κ1) is 37.5. The number of thioether (sulfide) groups is 1. The Kier molecular flexibility index (Phi) is 11.2. The average Bonchev–Trinajstić information content (AvgIpc) is 3.71. The Morgan fingerprint density at radius 2 is 1.98 bits per heavy atom. The number of aliphatic carboxylic acids is 1. The molecule has 0 saturated carbocycles. The number of hydrogen-bond donors (Lipinski definition) is 8. The number of phenols is 2. The summed E-state index contributed by atoms with van der Waals surface area (Å²) in [6.07, 6.45) is -0.0452. The SMILES string of the molecule is CC(C)(O/N=C(\C(=O)N[C@@H]1C(=O)N2C(C(=O)O)=C(C[N+]3(CCNC(=S)c4ccc(O)c(O)c4Cl)CCCC3)CS[C@H]12)c1csc(N)n1)C(O)O. The van der Waals surface area contributed by atoms with Crippen molar-refractivity contribution in [3.05, 3.63) is 45.1 Å². The normalized spacial score (nSPS) is 20.4. The van der Waals surface area contributed by atoms with Gasteiger partial charge in [-0.1, -0.05) is 29.0 Å². The third kappa shape index (κ3) is 7.63. The van der Waals surface area contributed by atoms with Crippen molar-refractivity contribution in [3.8, 4) is 11.5 Å². The summed E-state index contributed by atoms with van der Waals surface area (Å²) in [4.78, 5) is 50.4. The number of aromatic nitrogens is 1. The molecule has 3 aliphatic rings. The number of carboxylic acids is 1. The number of oxime groups is 1. The molecule has 4 heterocycles. The van der Waals surface area contributed by atoms with Crippen molar-refractivity contribution in [3.63, 3.8) is 0 Å². The van der Waals surface area contributed by atoms with Gasteiger partial charge >= 0.3 is 5.97 Å². The number of halogens is 1. The topological polar surface area (TPSA) is 240 Å². The number of fused-ring (bicyclic) bond motifs is 1. The second-order valence-corrected chi connectivity index (χ2v) is 15.4. The Morgan fingerprint density at radius 1 is 1.28 bits per heavy atom. The predicted octanol–water partition coefficient (Wildman–Crippen LogP) is 0.914. The summed E-state index contributed by atoms with van der Waals surface area (Å²) in [5.41, 5.74) is 4.70. The number of aliphatic hydroxyl groups is 2. The number of likely N-dealkylation sites (tertiary alicyclic amines) is 1. The number of aliphatic hydroxyl groups excluding tert-OH is 1. The Morgan fingerprint density at radius 3 is 2.60 bits per heavy atom. The zero-order valence-electron chi connectivity index (χ0n) is 27.0. The van der Waals surface area contributed by atoms with E-state index in [1.54, 1.807) is 0 Å². The third-order valence-electron chi connectivity index (χ3n) is 8.76. The molecule has 3 aliphatic heterocycles. The zero-order valence-corrected chi connectivity index (χ0v) is 30.2. The lowest BCUT2D eigenvalue weighted by atomic mass is 10.0. The largest absolute Gasteiger partial charge is 0.504 e. The van der Waals surface area contributed by atoms with Gasteiger partial charge in [0.05, 0.1) is 31.2 Å². The van der Waals surface area contributed by atoms with Crippen LogP contribution in [0.4, 0.5) is 5.13 Å². The minimum atomic E-state index is -1.93. The molecule has 2 atom stereocenters. The molecule has 2 amide bonds. The van der Waals surface area contributed by atoms with Crippen LogP contribution in [0.5, 0.6) is 11.5 Å². The number of carbonyl (C=O) groups excluding carboxylic acids is 2. The fraction of sp³-hybridized carbons (Fsp3) is 0.467. The van der Waals surface area contributed by atoms with Crippen LogP contribution in [0.25, 0.3) is 0 Å². The number of carboxylic acid groups (broad SMARTS) is 1. The van der Waals surface area contributed by atoms with Crippen molar-refractivity contribution in [2.45, 2.75) is 50.0 Å². The number of quaternary nitrogens is 1. The van der Waals surface area contributed by atoms with Gasteiger partial charge in [0.25, 0.3) is 11.8 Å². The number of thiocarbonyl (C=S) groups is 1. The zero-order chi connectivity index (χ0) is 36.5. The number of nitrogens with two attached hydrogens (primary N) is 1. The molecule has 20 heteroatoms. The maximum atomic E-state index is 13.5. The van der Waals surface area contributed by atoms with E-state index in [2.05, 4.69) is 20.8 Å². The molecule has 16 nitrogen and oxygen atoms in total. The third-order valence-corrected chi connectivity index (χ3v) is 11.5. The summed E-state index contributed by atoms with van der Waals surface area (Å²) in [5, 5.41) is 59.6. The number of phenolic OH excluding ortho intramolecular Hbond substituents is 2. The monoisotopic (exact) mass is 770 g/mol. The Balaban J connectivity index is 1.29. The van der Waals surface area contributed by atoms with Crippen molar-refractivity contribution in [2.24, 2.45) is 5.16 Å². The molecule has 270 valence electrons. The van der Waals surface area contributed by atoms with Crippen molar-refractivity contribution in [1.82, 2.24) is 20.5 Å². The standard InChI is InChI=1S/C30H36ClN7O9S3/c1-30(2,28(45)46)47-36-19(16-13-50-29(32)34-16)23(41)35-20-25(42)37-21(27(43)44)14(12-49-26(20)37)11-38(8-3-4-9-38)10-7-33-24(48)15-5-6-17(39)22(40)18(15)31/h5-6,13,20,26,28,45-46H,3-4,7-12H2,1-2H3,(H6-,32,33,34,35,36,39,40,41,43,44,48)/p+1/t20-,26-/m1/s1. The van der Waals surface area contributed by atoms with E-state index in [9.17, 15) is 39.9 Å². The fourth-order valence-corrected chi connectivity index (χ4v) is 8.39. The molecule has 0 aliphatic carbocycles. The minimum Gasteiger partial charge on any atom is -0.504 e. The second-order valence-electron chi connectivity index (χ2n) is 12.6. The van der Waals surface area contributed by atoms with Crippen LogP contribution >= 0.6 is 46.9 Å². The number of thiazole rings is 1. The minimum absolute atomic E-state index is 0.0424. The maximum absolute atomic E-state index is 13.5. The second kappa shape index (κ2) is 14.9. The van der Waals surface area contributed by atoms with Gasteiger partial charge in [0, 0.05) is 35.1 Å². The first-order valence-electron chi connectivity index (χ1n) is 15.4. The summed E-state index contributed by atoms with van der Waals surface area (Å²) in [6, 6.07) is 1.73. The number of anilines is 1. The molecule has 2 fully saturated rings. The lowest BCUT2D eigenvalue weighted by Crippen LogP contribution is -2.71. The van der Waals surface area contributed by atoms with E-state index >= 15 is 0 Å². The molecule has 0 bridgehead atoms. The number of carbonyl (C=O) groups is 3. The molecular weight excluding hydrogens is 734 g/mol. The molecule has 5 rings (SSSR count). The quantitative estimate of drug-likeness (QED) is 0.0269. The first-order chi connectivity index (χ1) is 23.5. The van der Waals surface area contributed by atoms with Gasteiger partial charge in [0.2, 0.25) is 0 Å². The highest BCUT2D eigenvalue weighted by Crippen LogP contribution is 2.41. The highest BCUT2D eigenvalue weighted by atomic mass is 35.5. The van der Waals surface area contributed by atoms with Gasteiger partial charge in [0.1, 0.15) is 34.3 Å². The molecule has 0 radical (unpaired) electrons. The summed E-state index contributed by atoms with van der Waals surface area (Å²) in [5.74, 6) is -3.22. The van der Waals surface area contributed by atoms with E-state index < -0.39 is 46.8 Å². The van der Waals surface area contributed by atoms with E-state index in [4.69, 9.17) is 34.4 Å². The Labute approximate surface area is 305 Å². The number of β-lactam (4-membered cyclic amide) rings is 1. The van der Waals surface area contributed by atoms with Crippen molar-refractivity contribution < 1.29 is 49.2 Å². The van der Waals surface area contributed by atoms with Gasteiger partial charge in [0.15, 0.2) is 34.2 Å². The van der Waals surface area contributed by atoms with Crippen LogP contribution in [0.2, 0.25) is 5.02 Å². The van der Waals surface area contributed by atoms with Crippen molar-refractivity contribution >= 4 is 80.5 Å². The van der Waals surface area contributed by atoms with E-state index in [0.29, 0.717) is 41.0 Å². The Bertz CT molecular complexity index is 1760. The first-order valence-corrected chi connectivity index (χ1v) is 18.1. The van der Waals surface area contributed by atoms with Crippen LogP contribution in [-0.4, -0.2) is 130 Å². The molecule has 0 unspecified atom stereocenters. The molecule has 1 aromatic heterocycles. The summed E-state index contributed by atoms with van der Waals surface area (Å²) < 4.78 is 0.569. The van der Waals surface area contributed by atoms with E-state index in [1.807, 2.05) is 0 Å². The lowest BCUT2D eigenvalue weighted by Gasteiger charge is -2.50. The van der Waals surface area contributed by atoms with Crippen LogP contribution in [-0.2, 0) is 19.2 Å². The van der Waals surface area contributed by atoms with Gasteiger partial charge in [-0.15, -0.1) is 23.1 Å². The summed E-state index contributed by atoms with van der Waals surface area (Å²) in [7, 11) is 0. The highest BCUT2D eigenvalue weighted by molar-refractivity contribution is 8.00. The van der Waals surface area contributed by atoms with Crippen LogP contribution in [0.3, 0.4) is 0 Å². The van der Waals surface area contributed by atoms with Crippen molar-refractivity contribution in [2.75, 3.05) is 44.2 Å². The lowest BCUT2D eigenvalue weighted by molar-refractivity contribution is -0.911. The molecular formula is C30H37ClN7O9S3+. The molecule has 9 N–H and O–H groups in total. The number of nitrogens with zero attached hydrogens (tertiary/aromatic N) is 4. The molecule has 2 aromatic rings. The summed E-state index contributed by atoms with van der Waals surface area (Å²) >= 11 is 14.0. The maximum Gasteiger partial charge on any atom is 0.352 e. The number of benzene rings is 1. The average molecular weight is 771 g/mol. The predicted molar refractivity (Wildman–Crippen MR) is 190 cm³/mol. The number of rotatable bonds is 13. The fourth-order valence-electron chi connectivity index (χ4n) is 5.93. The number of hydrogen-bond acceptors (Lipinski definition) is 14. The van der Waals surface area contributed by atoms with E-state index in [1.165, 1.54) is 48.0 Å². The highest BCUT2D eigenvalue weighted by Gasteiger charge is 2.55. The van der Waals surface area contributed by atoms with Crippen LogP contribution in [0, 0.1) is 0 Å². The van der Waals surface area contributed by atoms with Gasteiger partial charge < -0.3 is 51.2 Å². The summed E-state index contributed by atoms with van der Waals surface area (Å²) in [6.45, 7) is 5.68. The van der Waals surface area contributed by atoms with Crippen LogP contribution < -0.4 is 16.4 Å². The number of aromatic hydroxyl groups is 2.